The standard InChI is InChI=1S/C12H14O5/c1-7-3-10(17-2)9(6-12(15)16)4-8(7)5-11(13)14/h3-4H,5-6H2,1-2H3,(H,13,14)(H,15,16). The lowest BCUT2D eigenvalue weighted by Crippen LogP contribution is -2.07. The zero-order chi connectivity index (χ0) is 13.0. The lowest BCUT2D eigenvalue weighted by Gasteiger charge is -2.11. The molecule has 1 aromatic carbocycles. The van der Waals surface area contributed by atoms with E-state index in [1.54, 1.807) is 19.1 Å². The summed E-state index contributed by atoms with van der Waals surface area (Å²) in [5.74, 6) is -1.45. The summed E-state index contributed by atoms with van der Waals surface area (Å²) in [6.45, 7) is 1.77. The summed E-state index contributed by atoms with van der Waals surface area (Å²) < 4.78 is 5.08. The minimum Gasteiger partial charge on any atom is -0.496 e. The van der Waals surface area contributed by atoms with Crippen molar-refractivity contribution in [3.8, 4) is 5.75 Å². The highest BCUT2D eigenvalue weighted by atomic mass is 16.5. The van der Waals surface area contributed by atoms with Gasteiger partial charge in [0.15, 0.2) is 0 Å². The van der Waals surface area contributed by atoms with Gasteiger partial charge in [-0.3, -0.25) is 9.59 Å². The maximum atomic E-state index is 10.7. The van der Waals surface area contributed by atoms with E-state index in [2.05, 4.69) is 0 Å². The topological polar surface area (TPSA) is 83.8 Å². The van der Waals surface area contributed by atoms with Crippen molar-refractivity contribution in [1.82, 2.24) is 0 Å². The predicted molar refractivity (Wildman–Crippen MR) is 60.4 cm³/mol. The van der Waals surface area contributed by atoms with E-state index in [1.165, 1.54) is 7.11 Å². The van der Waals surface area contributed by atoms with Crippen LogP contribution in [0.25, 0.3) is 0 Å². The van der Waals surface area contributed by atoms with Crippen LogP contribution in [0.4, 0.5) is 0 Å². The first-order valence-electron chi connectivity index (χ1n) is 5.04. The monoisotopic (exact) mass is 238 g/mol. The molecule has 0 saturated heterocycles. The minimum atomic E-state index is -0.978. The molecule has 0 unspecified atom stereocenters. The van der Waals surface area contributed by atoms with Gasteiger partial charge in [-0.05, 0) is 24.1 Å². The summed E-state index contributed by atoms with van der Waals surface area (Å²) in [5.41, 5.74) is 1.87. The molecule has 0 amide bonds. The number of aryl methyl sites for hydroxylation is 1. The molecule has 0 fully saturated rings. The zero-order valence-electron chi connectivity index (χ0n) is 9.69. The highest BCUT2D eigenvalue weighted by Gasteiger charge is 2.12. The molecule has 0 aromatic heterocycles. The number of carboxylic acid groups (broad SMARTS) is 2. The van der Waals surface area contributed by atoms with Gasteiger partial charge in [-0.1, -0.05) is 6.07 Å². The fourth-order valence-electron chi connectivity index (χ4n) is 1.62. The second-order valence-corrected chi connectivity index (χ2v) is 3.73. The van der Waals surface area contributed by atoms with E-state index in [9.17, 15) is 9.59 Å². The first kappa shape index (κ1) is 13.0. The van der Waals surface area contributed by atoms with Crippen molar-refractivity contribution >= 4 is 11.9 Å². The van der Waals surface area contributed by atoms with Crippen LogP contribution in [0.15, 0.2) is 12.1 Å². The summed E-state index contributed by atoms with van der Waals surface area (Å²) in [5, 5.41) is 17.5. The van der Waals surface area contributed by atoms with Gasteiger partial charge in [0, 0.05) is 5.56 Å². The Morgan fingerprint density at radius 2 is 1.65 bits per heavy atom. The Morgan fingerprint density at radius 1 is 1.12 bits per heavy atom. The fraction of sp³-hybridized carbons (Fsp3) is 0.333. The van der Waals surface area contributed by atoms with E-state index in [-0.39, 0.29) is 12.8 Å². The molecule has 0 bridgehead atoms. The van der Waals surface area contributed by atoms with Gasteiger partial charge in [-0.25, -0.2) is 0 Å². The number of aliphatic carboxylic acids is 2. The Balaban J connectivity index is 3.16. The molecule has 17 heavy (non-hydrogen) atoms. The molecule has 0 aliphatic rings. The van der Waals surface area contributed by atoms with Crippen LogP contribution in [0.2, 0.25) is 0 Å². The molecule has 0 aliphatic carbocycles. The van der Waals surface area contributed by atoms with E-state index in [0.29, 0.717) is 16.9 Å². The van der Waals surface area contributed by atoms with Crippen LogP contribution in [0.3, 0.4) is 0 Å². The van der Waals surface area contributed by atoms with E-state index in [4.69, 9.17) is 14.9 Å². The number of rotatable bonds is 5. The van der Waals surface area contributed by atoms with Gasteiger partial charge in [0.25, 0.3) is 0 Å². The van der Waals surface area contributed by atoms with Gasteiger partial charge in [-0.2, -0.15) is 0 Å². The SMILES string of the molecule is COc1cc(C)c(CC(=O)O)cc1CC(=O)O. The summed E-state index contributed by atoms with van der Waals surface area (Å²) in [6, 6.07) is 3.24. The smallest absolute Gasteiger partial charge is 0.307 e. The van der Waals surface area contributed by atoms with Crippen molar-refractivity contribution in [1.29, 1.82) is 0 Å². The molecule has 5 nitrogen and oxygen atoms in total. The number of benzene rings is 1. The number of carbonyl (C=O) groups is 2. The third-order valence-corrected chi connectivity index (χ3v) is 2.42. The Bertz CT molecular complexity index is 450. The van der Waals surface area contributed by atoms with Crippen LogP contribution < -0.4 is 4.74 Å². The summed E-state index contributed by atoms with van der Waals surface area (Å²) in [6.07, 6.45) is -0.307. The molecule has 0 heterocycles. The summed E-state index contributed by atoms with van der Waals surface area (Å²) >= 11 is 0. The lowest BCUT2D eigenvalue weighted by molar-refractivity contribution is -0.137. The van der Waals surface area contributed by atoms with Crippen LogP contribution in [0.5, 0.6) is 5.75 Å². The first-order chi connectivity index (χ1) is 7.93. The van der Waals surface area contributed by atoms with Crippen LogP contribution in [-0.2, 0) is 22.4 Å². The largest absolute Gasteiger partial charge is 0.496 e. The van der Waals surface area contributed by atoms with Crippen molar-refractivity contribution in [3.05, 3.63) is 28.8 Å². The quantitative estimate of drug-likeness (QED) is 0.806. The van der Waals surface area contributed by atoms with Crippen LogP contribution in [-0.4, -0.2) is 29.3 Å². The number of ether oxygens (including phenoxy) is 1. The Morgan fingerprint density at radius 3 is 2.12 bits per heavy atom. The second kappa shape index (κ2) is 5.34. The van der Waals surface area contributed by atoms with Crippen LogP contribution in [0, 0.1) is 6.92 Å². The Kier molecular flexibility index (Phi) is 4.09. The first-order valence-corrected chi connectivity index (χ1v) is 5.04. The molecule has 0 aliphatic heterocycles. The number of carboxylic acids is 2. The Labute approximate surface area is 98.6 Å². The molecule has 1 rings (SSSR count). The van der Waals surface area contributed by atoms with Crippen molar-refractivity contribution in [2.75, 3.05) is 7.11 Å². The number of hydrogen-bond acceptors (Lipinski definition) is 3. The molecule has 0 radical (unpaired) electrons. The van der Waals surface area contributed by atoms with Gasteiger partial charge in [0.2, 0.25) is 0 Å². The van der Waals surface area contributed by atoms with Gasteiger partial charge in [0.05, 0.1) is 20.0 Å². The lowest BCUT2D eigenvalue weighted by atomic mass is 9.99. The maximum absolute atomic E-state index is 10.7. The third kappa shape index (κ3) is 3.48. The number of hydrogen-bond donors (Lipinski definition) is 2. The van der Waals surface area contributed by atoms with E-state index >= 15 is 0 Å². The Hall–Kier alpha value is -2.04. The molecular formula is C12H14O5. The average Bonchev–Trinajstić information content (AvgIpc) is 2.21. The summed E-state index contributed by atoms with van der Waals surface area (Å²) in [4.78, 5) is 21.3. The van der Waals surface area contributed by atoms with Crippen molar-refractivity contribution < 1.29 is 24.5 Å². The van der Waals surface area contributed by atoms with E-state index in [1.807, 2.05) is 0 Å². The molecule has 1 aromatic rings. The maximum Gasteiger partial charge on any atom is 0.307 e. The molecule has 2 N–H and O–H groups in total. The summed E-state index contributed by atoms with van der Waals surface area (Å²) in [7, 11) is 1.46. The molecular weight excluding hydrogens is 224 g/mol. The minimum absolute atomic E-state index is 0.123. The molecule has 0 spiro atoms. The van der Waals surface area contributed by atoms with Gasteiger partial charge >= 0.3 is 11.9 Å². The molecule has 5 heteroatoms. The number of methoxy groups -OCH3 is 1. The molecule has 0 saturated carbocycles. The normalized spacial score (nSPS) is 10.0. The zero-order valence-corrected chi connectivity index (χ0v) is 9.69. The molecule has 0 atom stereocenters. The van der Waals surface area contributed by atoms with Crippen molar-refractivity contribution in [3.63, 3.8) is 0 Å². The van der Waals surface area contributed by atoms with Crippen LogP contribution in [0.1, 0.15) is 16.7 Å². The fourth-order valence-corrected chi connectivity index (χ4v) is 1.62. The van der Waals surface area contributed by atoms with Gasteiger partial charge < -0.3 is 14.9 Å². The van der Waals surface area contributed by atoms with E-state index in [0.717, 1.165) is 5.56 Å². The highest BCUT2D eigenvalue weighted by Crippen LogP contribution is 2.24. The van der Waals surface area contributed by atoms with Crippen molar-refractivity contribution in [2.45, 2.75) is 19.8 Å². The predicted octanol–water partition coefficient (Wildman–Crippen LogP) is 1.26. The van der Waals surface area contributed by atoms with Gasteiger partial charge in [0.1, 0.15) is 5.75 Å². The highest BCUT2D eigenvalue weighted by molar-refractivity contribution is 5.73. The third-order valence-electron chi connectivity index (χ3n) is 2.42. The average molecular weight is 238 g/mol. The van der Waals surface area contributed by atoms with Crippen LogP contribution >= 0.6 is 0 Å². The van der Waals surface area contributed by atoms with Gasteiger partial charge in [-0.15, -0.1) is 0 Å². The van der Waals surface area contributed by atoms with Crippen molar-refractivity contribution in [2.24, 2.45) is 0 Å². The second-order valence-electron chi connectivity index (χ2n) is 3.73. The molecule has 92 valence electrons. The van der Waals surface area contributed by atoms with E-state index < -0.39 is 11.9 Å².